The van der Waals surface area contributed by atoms with Crippen molar-refractivity contribution in [3.05, 3.63) is 23.8 Å². The monoisotopic (exact) mass is 203 g/mol. The predicted molar refractivity (Wildman–Crippen MR) is 52.5 cm³/mol. The van der Waals surface area contributed by atoms with Gasteiger partial charge in [0.05, 0.1) is 6.54 Å². The lowest BCUT2D eigenvalue weighted by molar-refractivity contribution is 0.0425. The largest absolute Gasteiger partial charge is 0.459 e. The molecule has 0 atom stereocenters. The first-order valence-electron chi connectivity index (χ1n) is 4.76. The van der Waals surface area contributed by atoms with Crippen LogP contribution >= 0.6 is 0 Å². The summed E-state index contributed by atoms with van der Waals surface area (Å²) >= 11 is 0. The third-order valence-corrected chi connectivity index (χ3v) is 2.51. The number of fused-ring (bicyclic) bond motifs is 3. The zero-order valence-electron chi connectivity index (χ0n) is 8.23. The number of nitrogens with zero attached hydrogens (tertiary/aromatic N) is 3. The van der Waals surface area contributed by atoms with Gasteiger partial charge in [-0.3, -0.25) is 0 Å². The molecule has 1 aliphatic rings. The molecule has 5 heteroatoms. The van der Waals surface area contributed by atoms with Crippen molar-refractivity contribution in [2.75, 3.05) is 6.61 Å². The van der Waals surface area contributed by atoms with Crippen LogP contribution in [0.4, 0.5) is 0 Å². The van der Waals surface area contributed by atoms with E-state index in [9.17, 15) is 4.79 Å². The maximum Gasteiger partial charge on any atom is 0.355 e. The first-order chi connectivity index (χ1) is 7.25. The molecule has 0 radical (unpaired) electrons. The summed E-state index contributed by atoms with van der Waals surface area (Å²) in [6.45, 7) is 2.92. The minimum Gasteiger partial charge on any atom is -0.459 e. The number of hydrogen-bond acceptors (Lipinski definition) is 4. The molecule has 0 aromatic carbocycles. The number of hydrogen-bond donors (Lipinski definition) is 0. The van der Waals surface area contributed by atoms with Crippen molar-refractivity contribution in [3.63, 3.8) is 0 Å². The van der Waals surface area contributed by atoms with Crippen molar-refractivity contribution < 1.29 is 9.53 Å². The van der Waals surface area contributed by atoms with Crippen LogP contribution in [0, 0.1) is 6.92 Å². The smallest absolute Gasteiger partial charge is 0.355 e. The van der Waals surface area contributed by atoms with Crippen LogP contribution in [0.15, 0.2) is 12.3 Å². The number of ether oxygens (including phenoxy) is 1. The highest BCUT2D eigenvalue weighted by Crippen LogP contribution is 2.20. The van der Waals surface area contributed by atoms with Crippen molar-refractivity contribution >= 4 is 17.0 Å². The predicted octanol–water partition coefficient (Wildman–Crippen LogP) is 0.910. The van der Waals surface area contributed by atoms with Gasteiger partial charge >= 0.3 is 5.97 Å². The SMILES string of the molecule is Cc1ncc2cc3n(c2n1)CCOC3=O. The highest BCUT2D eigenvalue weighted by atomic mass is 16.5. The topological polar surface area (TPSA) is 57.0 Å². The second-order valence-electron chi connectivity index (χ2n) is 3.51. The van der Waals surface area contributed by atoms with E-state index in [0.29, 0.717) is 24.7 Å². The summed E-state index contributed by atoms with van der Waals surface area (Å²) in [7, 11) is 0. The van der Waals surface area contributed by atoms with Gasteiger partial charge in [-0.05, 0) is 13.0 Å². The molecule has 0 saturated carbocycles. The number of esters is 1. The first kappa shape index (κ1) is 8.40. The number of aromatic nitrogens is 3. The van der Waals surface area contributed by atoms with E-state index in [-0.39, 0.29) is 5.97 Å². The Bertz CT molecular complexity index is 559. The highest BCUT2D eigenvalue weighted by Gasteiger charge is 2.21. The van der Waals surface area contributed by atoms with Crippen LogP contribution in [0.5, 0.6) is 0 Å². The van der Waals surface area contributed by atoms with Crippen molar-refractivity contribution in [3.8, 4) is 0 Å². The van der Waals surface area contributed by atoms with Gasteiger partial charge in [-0.25, -0.2) is 14.8 Å². The van der Waals surface area contributed by atoms with Gasteiger partial charge in [-0.2, -0.15) is 0 Å². The van der Waals surface area contributed by atoms with Crippen LogP contribution in [0.3, 0.4) is 0 Å². The van der Waals surface area contributed by atoms with Crippen molar-refractivity contribution in [1.29, 1.82) is 0 Å². The normalized spacial score (nSPS) is 15.1. The lowest BCUT2D eigenvalue weighted by Crippen LogP contribution is -2.22. The average molecular weight is 203 g/mol. The van der Waals surface area contributed by atoms with Gasteiger partial charge in [0, 0.05) is 11.6 Å². The van der Waals surface area contributed by atoms with Crippen LogP contribution in [0.2, 0.25) is 0 Å². The Hall–Kier alpha value is -1.91. The Labute approximate surface area is 85.7 Å². The van der Waals surface area contributed by atoms with Gasteiger partial charge < -0.3 is 9.30 Å². The molecule has 3 rings (SSSR count). The van der Waals surface area contributed by atoms with Gasteiger partial charge in [0.2, 0.25) is 0 Å². The van der Waals surface area contributed by atoms with E-state index in [1.165, 1.54) is 0 Å². The Morgan fingerprint density at radius 3 is 3.27 bits per heavy atom. The van der Waals surface area contributed by atoms with E-state index in [1.807, 2.05) is 11.5 Å². The Balaban J connectivity index is 2.36. The third-order valence-electron chi connectivity index (χ3n) is 2.51. The van der Waals surface area contributed by atoms with Crippen LogP contribution in [0.25, 0.3) is 11.0 Å². The zero-order valence-corrected chi connectivity index (χ0v) is 8.23. The molecule has 2 aromatic rings. The van der Waals surface area contributed by atoms with E-state index in [2.05, 4.69) is 9.97 Å². The van der Waals surface area contributed by atoms with Gasteiger partial charge in [-0.1, -0.05) is 0 Å². The fraction of sp³-hybridized carbons (Fsp3) is 0.300. The molecule has 2 aromatic heterocycles. The summed E-state index contributed by atoms with van der Waals surface area (Å²) in [5, 5.41) is 0.884. The Morgan fingerprint density at radius 2 is 2.40 bits per heavy atom. The highest BCUT2D eigenvalue weighted by molar-refractivity contribution is 5.94. The Kier molecular flexibility index (Phi) is 1.56. The molecular formula is C10H9N3O2. The van der Waals surface area contributed by atoms with E-state index >= 15 is 0 Å². The maximum absolute atomic E-state index is 11.4. The molecule has 0 aliphatic carbocycles. The molecule has 0 unspecified atom stereocenters. The molecule has 5 nitrogen and oxygen atoms in total. The van der Waals surface area contributed by atoms with E-state index in [4.69, 9.17) is 4.74 Å². The molecule has 76 valence electrons. The molecule has 0 fully saturated rings. The number of carbonyl (C=O) groups is 1. The van der Waals surface area contributed by atoms with Crippen molar-refractivity contribution in [2.45, 2.75) is 13.5 Å². The van der Waals surface area contributed by atoms with Crippen LogP contribution in [-0.4, -0.2) is 27.1 Å². The van der Waals surface area contributed by atoms with Gasteiger partial charge in [0.15, 0.2) is 0 Å². The summed E-state index contributed by atoms with van der Waals surface area (Å²) in [6, 6.07) is 1.77. The van der Waals surface area contributed by atoms with E-state index in [1.54, 1.807) is 12.3 Å². The summed E-state index contributed by atoms with van der Waals surface area (Å²) < 4.78 is 6.84. The van der Waals surface area contributed by atoms with Gasteiger partial charge in [-0.15, -0.1) is 0 Å². The van der Waals surface area contributed by atoms with Crippen LogP contribution in [-0.2, 0) is 11.3 Å². The van der Waals surface area contributed by atoms with E-state index < -0.39 is 0 Å². The fourth-order valence-electron chi connectivity index (χ4n) is 1.82. The summed E-state index contributed by atoms with van der Waals surface area (Å²) in [6.07, 6.45) is 1.73. The van der Waals surface area contributed by atoms with Crippen LogP contribution in [0.1, 0.15) is 16.3 Å². The quantitative estimate of drug-likeness (QED) is 0.597. The summed E-state index contributed by atoms with van der Waals surface area (Å²) in [5.74, 6) is 0.430. The maximum atomic E-state index is 11.4. The zero-order chi connectivity index (χ0) is 10.4. The van der Waals surface area contributed by atoms with Crippen molar-refractivity contribution in [2.24, 2.45) is 0 Å². The van der Waals surface area contributed by atoms with Gasteiger partial charge in [0.25, 0.3) is 0 Å². The lowest BCUT2D eigenvalue weighted by atomic mass is 10.3. The lowest BCUT2D eigenvalue weighted by Gasteiger charge is -2.14. The minimum absolute atomic E-state index is 0.281. The molecule has 0 amide bonds. The number of rotatable bonds is 0. The molecule has 0 spiro atoms. The molecular weight excluding hydrogens is 194 g/mol. The third kappa shape index (κ3) is 1.12. The fourth-order valence-corrected chi connectivity index (χ4v) is 1.82. The number of aryl methyl sites for hydroxylation is 1. The van der Waals surface area contributed by atoms with Crippen LogP contribution < -0.4 is 0 Å². The molecule has 15 heavy (non-hydrogen) atoms. The van der Waals surface area contributed by atoms with Gasteiger partial charge in [0.1, 0.15) is 23.8 Å². The number of carbonyl (C=O) groups excluding carboxylic acids is 1. The molecule has 1 aliphatic heterocycles. The molecule has 0 saturated heterocycles. The average Bonchev–Trinajstić information content (AvgIpc) is 2.58. The number of cyclic esters (lactones) is 1. The van der Waals surface area contributed by atoms with E-state index in [0.717, 1.165) is 11.0 Å². The first-order valence-corrected chi connectivity index (χ1v) is 4.76. The molecule has 0 bridgehead atoms. The Morgan fingerprint density at radius 1 is 1.53 bits per heavy atom. The summed E-state index contributed by atoms with van der Waals surface area (Å²) in [4.78, 5) is 19.9. The standard InChI is InChI=1S/C10H9N3O2/c1-6-11-5-7-4-8-10(14)15-3-2-13(8)9(7)12-6/h4-5H,2-3H2,1H3. The minimum atomic E-state index is -0.281. The molecule has 0 N–H and O–H groups in total. The second kappa shape index (κ2) is 2.79. The van der Waals surface area contributed by atoms with Crippen molar-refractivity contribution in [1.82, 2.24) is 14.5 Å². The summed E-state index contributed by atoms with van der Waals surface area (Å²) in [5.41, 5.74) is 1.38. The molecule has 3 heterocycles. The second-order valence-corrected chi connectivity index (χ2v) is 3.51.